The van der Waals surface area contributed by atoms with E-state index in [0.717, 1.165) is 6.42 Å². The van der Waals surface area contributed by atoms with Crippen LogP contribution in [0.25, 0.3) is 0 Å². The molecule has 0 rings (SSSR count). The molecule has 0 aliphatic carbocycles. The van der Waals surface area contributed by atoms with Gasteiger partial charge in [-0.3, -0.25) is 0 Å². The van der Waals surface area contributed by atoms with Crippen LogP contribution < -0.4 is 0 Å². The monoisotopic (exact) mass is 166 g/mol. The van der Waals surface area contributed by atoms with Crippen molar-refractivity contribution in [1.82, 2.24) is 0 Å². The normalized spacial score (nSPS) is 6.67. The minimum atomic E-state index is 1.08. The van der Waals surface area contributed by atoms with Gasteiger partial charge in [0.05, 0.1) is 0 Å². The highest BCUT2D eigenvalue weighted by molar-refractivity contribution is 4.68. The third-order valence-corrected chi connectivity index (χ3v) is 0.826. The molecule has 0 amide bonds. The van der Waals surface area contributed by atoms with E-state index in [9.17, 15) is 0 Å². The Morgan fingerprint density at radius 3 is 1.42 bits per heavy atom. The Kier molecular flexibility index (Phi) is 46.4. The first-order valence-electron chi connectivity index (χ1n) is 4.23. The second kappa shape index (κ2) is 32.4. The summed E-state index contributed by atoms with van der Waals surface area (Å²) in [6.45, 7) is 14.7. The van der Waals surface area contributed by atoms with Gasteiger partial charge >= 0.3 is 0 Å². The van der Waals surface area contributed by atoms with Gasteiger partial charge in [0.15, 0.2) is 0 Å². The van der Waals surface area contributed by atoms with Crippen LogP contribution in [0.15, 0.2) is 43.2 Å². The van der Waals surface area contributed by atoms with Crippen molar-refractivity contribution >= 4 is 0 Å². The van der Waals surface area contributed by atoms with Gasteiger partial charge in [0.2, 0.25) is 0 Å². The molecule has 0 spiro atoms. The molecule has 0 aromatic rings. The third-order valence-electron chi connectivity index (χ3n) is 0.826. The molecule has 0 heterocycles. The zero-order valence-corrected chi connectivity index (χ0v) is 8.93. The third kappa shape index (κ3) is 144. The Morgan fingerprint density at radius 1 is 1.17 bits per heavy atom. The molecule has 0 nitrogen and oxygen atoms in total. The van der Waals surface area contributed by atoms with Gasteiger partial charge in [-0.1, -0.05) is 31.7 Å². The van der Waals surface area contributed by atoms with E-state index in [2.05, 4.69) is 25.8 Å². The van der Waals surface area contributed by atoms with Gasteiger partial charge in [0.1, 0.15) is 0 Å². The fraction of sp³-hybridized carbons (Fsp3) is 0.417. The standard InChI is InChI=1S/2C4H8.C4H6/c3*1-3-4-2/h3-4H,1-2H3;3H,1,4H2,2H3;4H,1H2,2H3. The number of allylic oxidation sites excluding steroid dienone is 4. The molecule has 0 atom stereocenters. The molecule has 0 saturated carbocycles. The minimum absolute atomic E-state index is 1.08. The Morgan fingerprint density at radius 2 is 1.42 bits per heavy atom. The van der Waals surface area contributed by atoms with Crippen molar-refractivity contribution in [2.45, 2.75) is 34.1 Å². The molecule has 0 fully saturated rings. The van der Waals surface area contributed by atoms with Crippen molar-refractivity contribution in [2.75, 3.05) is 0 Å². The molecule has 0 bridgehead atoms. The number of hydrogen-bond acceptors (Lipinski definition) is 0. The molecule has 0 aromatic heterocycles. The van der Waals surface area contributed by atoms with E-state index >= 15 is 0 Å². The predicted molar refractivity (Wildman–Crippen MR) is 60.4 cm³/mol. The molecule has 12 heavy (non-hydrogen) atoms. The lowest BCUT2D eigenvalue weighted by Crippen LogP contribution is -1.36. The fourth-order valence-corrected chi connectivity index (χ4v) is 0. The molecule has 0 radical (unpaired) electrons. The van der Waals surface area contributed by atoms with Crippen LogP contribution in [0.4, 0.5) is 0 Å². The van der Waals surface area contributed by atoms with Crippen LogP contribution in [0.3, 0.4) is 0 Å². The first-order valence-corrected chi connectivity index (χ1v) is 4.23. The highest BCUT2D eigenvalue weighted by atomic mass is 13.5. The summed E-state index contributed by atoms with van der Waals surface area (Å²) < 4.78 is 0. The van der Waals surface area contributed by atoms with Gasteiger partial charge in [-0.2, -0.15) is 0 Å². The molecule has 0 heteroatoms. The number of hydrogen-bond donors (Lipinski definition) is 0. The molecule has 70 valence electrons. The second-order valence-electron chi connectivity index (χ2n) is 1.86. The highest BCUT2D eigenvalue weighted by Crippen LogP contribution is 1.66. The zero-order valence-electron chi connectivity index (χ0n) is 8.93. The lowest BCUT2D eigenvalue weighted by Gasteiger charge is -1.57. The summed E-state index contributed by atoms with van der Waals surface area (Å²) in [6.07, 6.45) is 8.72. The molecular formula is C12H22. The summed E-state index contributed by atoms with van der Waals surface area (Å²) in [5.74, 6) is 0. The molecule has 0 aromatic carbocycles. The summed E-state index contributed by atoms with van der Waals surface area (Å²) in [6, 6.07) is 0. The minimum Gasteiger partial charge on any atom is -0.133 e. The maximum Gasteiger partial charge on any atom is -0.0382 e. The molecule has 0 unspecified atom stereocenters. The van der Waals surface area contributed by atoms with Crippen molar-refractivity contribution in [3.63, 3.8) is 0 Å². The zero-order chi connectivity index (χ0) is 10.2. The first-order chi connectivity index (χ1) is 5.74. The van der Waals surface area contributed by atoms with Crippen LogP contribution >= 0.6 is 0 Å². The Bertz CT molecular complexity index is 119. The van der Waals surface area contributed by atoms with Crippen molar-refractivity contribution < 1.29 is 0 Å². The van der Waals surface area contributed by atoms with Crippen LogP contribution in [0, 0.1) is 0 Å². The van der Waals surface area contributed by atoms with Crippen molar-refractivity contribution in [3.05, 3.63) is 43.2 Å². The van der Waals surface area contributed by atoms with E-state index in [1.165, 1.54) is 0 Å². The molecule has 0 aliphatic heterocycles. The summed E-state index contributed by atoms with van der Waals surface area (Å²) in [4.78, 5) is 0. The Hall–Kier alpha value is -1.00. The molecule has 0 aliphatic rings. The molecule has 0 saturated heterocycles. The molecule has 0 N–H and O–H groups in total. The smallest absolute Gasteiger partial charge is 0.0382 e. The maximum absolute atomic E-state index is 3.48. The largest absolute Gasteiger partial charge is 0.133 e. The van der Waals surface area contributed by atoms with Gasteiger partial charge in [-0.15, -0.1) is 12.3 Å². The van der Waals surface area contributed by atoms with Crippen molar-refractivity contribution in [3.8, 4) is 0 Å². The van der Waals surface area contributed by atoms with Crippen molar-refractivity contribution in [1.29, 1.82) is 0 Å². The summed E-state index contributed by atoms with van der Waals surface area (Å²) in [5.41, 5.74) is 2.56. The maximum atomic E-state index is 3.48. The SMILES string of the molecule is C=C=CC.C=CCC.CC=CC. The molecular weight excluding hydrogens is 144 g/mol. The van der Waals surface area contributed by atoms with Gasteiger partial charge in [-0.05, 0) is 33.3 Å². The summed E-state index contributed by atoms with van der Waals surface area (Å²) in [5, 5.41) is 0. The summed E-state index contributed by atoms with van der Waals surface area (Å²) in [7, 11) is 0. The Balaban J connectivity index is -0.000000101. The van der Waals surface area contributed by atoms with Gasteiger partial charge < -0.3 is 0 Å². The fourth-order valence-electron chi connectivity index (χ4n) is 0. The topological polar surface area (TPSA) is 0 Å². The second-order valence-corrected chi connectivity index (χ2v) is 1.86. The van der Waals surface area contributed by atoms with Crippen LogP contribution in [-0.2, 0) is 0 Å². The lowest BCUT2D eigenvalue weighted by molar-refractivity contribution is 1.23. The van der Waals surface area contributed by atoms with E-state index in [1.54, 1.807) is 6.08 Å². The predicted octanol–water partition coefficient (Wildman–Crippen LogP) is 4.51. The van der Waals surface area contributed by atoms with Crippen LogP contribution in [0.5, 0.6) is 0 Å². The van der Waals surface area contributed by atoms with Crippen molar-refractivity contribution in [2.24, 2.45) is 0 Å². The van der Waals surface area contributed by atoms with E-state index in [0.29, 0.717) is 0 Å². The van der Waals surface area contributed by atoms with Gasteiger partial charge in [0, 0.05) is 0 Å². The van der Waals surface area contributed by atoms with E-state index in [-0.39, 0.29) is 0 Å². The van der Waals surface area contributed by atoms with Crippen LogP contribution in [0.1, 0.15) is 34.1 Å². The first kappa shape index (κ1) is 17.2. The van der Waals surface area contributed by atoms with E-state index in [1.807, 2.05) is 39.0 Å². The summed E-state index contributed by atoms with van der Waals surface area (Å²) >= 11 is 0. The van der Waals surface area contributed by atoms with E-state index in [4.69, 9.17) is 0 Å². The lowest BCUT2D eigenvalue weighted by atomic mass is 10.5. The van der Waals surface area contributed by atoms with Crippen LogP contribution in [-0.4, -0.2) is 0 Å². The quantitative estimate of drug-likeness (QED) is 0.397. The van der Waals surface area contributed by atoms with Crippen LogP contribution in [0.2, 0.25) is 0 Å². The average molecular weight is 166 g/mol. The number of rotatable bonds is 1. The van der Waals surface area contributed by atoms with Gasteiger partial charge in [0.25, 0.3) is 0 Å². The Labute approximate surface area is 78.0 Å². The van der Waals surface area contributed by atoms with E-state index < -0.39 is 0 Å². The highest BCUT2D eigenvalue weighted by Gasteiger charge is 1.45. The van der Waals surface area contributed by atoms with Gasteiger partial charge in [-0.25, -0.2) is 0 Å². The average Bonchev–Trinajstić information content (AvgIpc) is 2.18.